The number of hydrogen-bond donors (Lipinski definition) is 1. The predicted molar refractivity (Wildman–Crippen MR) is 43.2 cm³/mol. The van der Waals surface area contributed by atoms with Gasteiger partial charge in [-0.15, -0.1) is 0 Å². The van der Waals surface area contributed by atoms with E-state index in [9.17, 15) is 0 Å². The second kappa shape index (κ2) is 2.34. The molecule has 1 fully saturated rings. The molecule has 1 saturated carbocycles. The monoisotopic (exact) mass is 151 g/mol. The van der Waals surface area contributed by atoms with Crippen molar-refractivity contribution in [1.82, 2.24) is 9.78 Å². The van der Waals surface area contributed by atoms with Crippen LogP contribution < -0.4 is 5.73 Å². The van der Waals surface area contributed by atoms with Gasteiger partial charge in [0.15, 0.2) is 0 Å². The molecule has 3 nitrogen and oxygen atoms in total. The maximum absolute atomic E-state index is 5.74. The van der Waals surface area contributed by atoms with Crippen LogP contribution >= 0.6 is 0 Å². The van der Waals surface area contributed by atoms with Crippen molar-refractivity contribution in [2.24, 2.45) is 5.73 Å². The molecule has 60 valence electrons. The number of aromatic nitrogens is 2. The lowest BCUT2D eigenvalue weighted by Crippen LogP contribution is -2.06. The van der Waals surface area contributed by atoms with Crippen LogP contribution in [0.15, 0.2) is 12.3 Å². The Bertz CT molecular complexity index is 254. The molecular weight excluding hydrogens is 138 g/mol. The third-order valence-electron chi connectivity index (χ3n) is 2.27. The molecule has 0 bridgehead atoms. The minimum absolute atomic E-state index is 0.386. The van der Waals surface area contributed by atoms with Crippen molar-refractivity contribution in [3.63, 3.8) is 0 Å². The molecule has 0 radical (unpaired) electrons. The molecule has 11 heavy (non-hydrogen) atoms. The molecule has 0 aromatic carbocycles. The molecular formula is C8H13N3. The molecule has 1 aromatic heterocycles. The summed E-state index contributed by atoms with van der Waals surface area (Å²) >= 11 is 0. The van der Waals surface area contributed by atoms with Crippen molar-refractivity contribution >= 4 is 0 Å². The Morgan fingerprint density at radius 1 is 1.82 bits per heavy atom. The van der Waals surface area contributed by atoms with Gasteiger partial charge < -0.3 is 5.73 Å². The molecule has 2 atom stereocenters. The first-order chi connectivity index (χ1) is 5.33. The van der Waals surface area contributed by atoms with Crippen LogP contribution in [0.3, 0.4) is 0 Å². The van der Waals surface area contributed by atoms with Crippen LogP contribution in [0.4, 0.5) is 0 Å². The molecule has 1 heterocycles. The first-order valence-corrected chi connectivity index (χ1v) is 4.10. The average molecular weight is 151 g/mol. The zero-order valence-electron chi connectivity index (χ0n) is 6.70. The van der Waals surface area contributed by atoms with Crippen molar-refractivity contribution in [2.45, 2.75) is 31.8 Å². The highest BCUT2D eigenvalue weighted by Crippen LogP contribution is 2.38. The molecule has 0 amide bonds. The van der Waals surface area contributed by atoms with Crippen LogP contribution in [0, 0.1) is 0 Å². The van der Waals surface area contributed by atoms with Crippen molar-refractivity contribution in [3.8, 4) is 0 Å². The molecule has 2 N–H and O–H groups in total. The molecule has 0 spiro atoms. The topological polar surface area (TPSA) is 43.8 Å². The van der Waals surface area contributed by atoms with Gasteiger partial charge in [0.25, 0.3) is 0 Å². The molecule has 2 rings (SSSR count). The summed E-state index contributed by atoms with van der Waals surface area (Å²) in [6.07, 6.45) is 2.98. The second-order valence-electron chi connectivity index (χ2n) is 3.08. The first kappa shape index (κ1) is 6.85. The molecule has 0 saturated heterocycles. The Morgan fingerprint density at radius 3 is 3.09 bits per heavy atom. The van der Waals surface area contributed by atoms with Crippen molar-refractivity contribution in [1.29, 1.82) is 0 Å². The van der Waals surface area contributed by atoms with E-state index in [0.717, 1.165) is 13.0 Å². The van der Waals surface area contributed by atoms with E-state index >= 15 is 0 Å². The molecule has 1 aliphatic rings. The van der Waals surface area contributed by atoms with E-state index in [4.69, 9.17) is 5.73 Å². The van der Waals surface area contributed by atoms with Gasteiger partial charge in [-0.3, -0.25) is 4.68 Å². The summed E-state index contributed by atoms with van der Waals surface area (Å²) < 4.78 is 2.03. The van der Waals surface area contributed by atoms with Crippen molar-refractivity contribution < 1.29 is 0 Å². The summed E-state index contributed by atoms with van der Waals surface area (Å²) in [6, 6.07) is 2.46. The lowest BCUT2D eigenvalue weighted by Gasteiger charge is -2.01. The van der Waals surface area contributed by atoms with E-state index in [0.29, 0.717) is 12.0 Å². The van der Waals surface area contributed by atoms with Gasteiger partial charge in [-0.05, 0) is 19.4 Å². The zero-order valence-corrected chi connectivity index (χ0v) is 6.70. The SMILES string of the molecule is CCn1nccc1[C@H]1C[C@H]1N. The van der Waals surface area contributed by atoms with E-state index in [2.05, 4.69) is 18.1 Å². The van der Waals surface area contributed by atoms with Gasteiger partial charge in [-0.2, -0.15) is 5.10 Å². The third-order valence-corrected chi connectivity index (χ3v) is 2.27. The van der Waals surface area contributed by atoms with Crippen LogP contribution in [-0.2, 0) is 6.54 Å². The van der Waals surface area contributed by atoms with E-state index in [1.165, 1.54) is 5.69 Å². The Morgan fingerprint density at radius 2 is 2.55 bits per heavy atom. The molecule has 1 aliphatic carbocycles. The van der Waals surface area contributed by atoms with Gasteiger partial charge in [0.05, 0.1) is 0 Å². The molecule has 1 aromatic rings. The largest absolute Gasteiger partial charge is 0.327 e. The summed E-state index contributed by atoms with van der Waals surface area (Å²) in [5, 5.41) is 4.19. The van der Waals surface area contributed by atoms with Gasteiger partial charge >= 0.3 is 0 Å². The maximum Gasteiger partial charge on any atom is 0.0492 e. The van der Waals surface area contributed by atoms with E-state index in [1.54, 1.807) is 0 Å². The van der Waals surface area contributed by atoms with Gasteiger partial charge in [-0.1, -0.05) is 0 Å². The average Bonchev–Trinajstić information content (AvgIpc) is 2.58. The van der Waals surface area contributed by atoms with Crippen LogP contribution in [0.2, 0.25) is 0 Å². The highest BCUT2D eigenvalue weighted by atomic mass is 15.3. The lowest BCUT2D eigenvalue weighted by molar-refractivity contribution is 0.620. The summed E-state index contributed by atoms with van der Waals surface area (Å²) in [7, 11) is 0. The minimum atomic E-state index is 0.386. The number of nitrogens with zero attached hydrogens (tertiary/aromatic N) is 2. The van der Waals surface area contributed by atoms with E-state index < -0.39 is 0 Å². The maximum atomic E-state index is 5.74. The number of hydrogen-bond acceptors (Lipinski definition) is 2. The van der Waals surface area contributed by atoms with Crippen LogP contribution in [0.5, 0.6) is 0 Å². The Balaban J connectivity index is 2.23. The summed E-state index contributed by atoms with van der Waals surface area (Å²) in [5.74, 6) is 0.581. The number of aryl methyl sites for hydroxylation is 1. The smallest absolute Gasteiger partial charge is 0.0492 e. The Labute approximate surface area is 66.2 Å². The third kappa shape index (κ3) is 1.05. The number of rotatable bonds is 2. The van der Waals surface area contributed by atoms with Crippen LogP contribution in [0.25, 0.3) is 0 Å². The van der Waals surface area contributed by atoms with Gasteiger partial charge in [0.1, 0.15) is 0 Å². The molecule has 0 unspecified atom stereocenters. The zero-order chi connectivity index (χ0) is 7.84. The highest BCUT2D eigenvalue weighted by molar-refractivity contribution is 5.19. The predicted octanol–water partition coefficient (Wildman–Crippen LogP) is 0.718. The van der Waals surface area contributed by atoms with Crippen LogP contribution in [0.1, 0.15) is 25.0 Å². The summed E-state index contributed by atoms with van der Waals surface area (Å²) in [5.41, 5.74) is 7.05. The number of nitrogens with two attached hydrogens (primary N) is 1. The van der Waals surface area contributed by atoms with E-state index in [-0.39, 0.29) is 0 Å². The van der Waals surface area contributed by atoms with Crippen molar-refractivity contribution in [3.05, 3.63) is 18.0 Å². The lowest BCUT2D eigenvalue weighted by atomic mass is 10.3. The Kier molecular flexibility index (Phi) is 1.46. The van der Waals surface area contributed by atoms with Crippen LogP contribution in [-0.4, -0.2) is 15.8 Å². The fourth-order valence-electron chi connectivity index (χ4n) is 1.48. The van der Waals surface area contributed by atoms with Gasteiger partial charge in [0, 0.05) is 30.4 Å². The quantitative estimate of drug-likeness (QED) is 0.676. The fraction of sp³-hybridized carbons (Fsp3) is 0.625. The van der Waals surface area contributed by atoms with E-state index in [1.807, 2.05) is 10.9 Å². The summed E-state index contributed by atoms with van der Waals surface area (Å²) in [6.45, 7) is 3.05. The normalized spacial score (nSPS) is 28.9. The molecule has 0 aliphatic heterocycles. The minimum Gasteiger partial charge on any atom is -0.327 e. The summed E-state index contributed by atoms with van der Waals surface area (Å²) in [4.78, 5) is 0. The van der Waals surface area contributed by atoms with Gasteiger partial charge in [-0.25, -0.2) is 0 Å². The standard InChI is InChI=1S/C8H13N3/c1-2-11-8(3-4-10-11)6-5-7(6)9/h3-4,6-7H,2,5,9H2,1H3/t6-,7+/m0/s1. The van der Waals surface area contributed by atoms with Gasteiger partial charge in [0.2, 0.25) is 0 Å². The highest BCUT2D eigenvalue weighted by Gasteiger charge is 2.36. The van der Waals surface area contributed by atoms with Crippen molar-refractivity contribution in [2.75, 3.05) is 0 Å². The first-order valence-electron chi connectivity index (χ1n) is 4.10. The fourth-order valence-corrected chi connectivity index (χ4v) is 1.48. The second-order valence-corrected chi connectivity index (χ2v) is 3.08. The Hall–Kier alpha value is -0.830. The molecule has 3 heteroatoms.